The lowest BCUT2D eigenvalue weighted by Gasteiger charge is -2.21. The van der Waals surface area contributed by atoms with Gasteiger partial charge in [0.1, 0.15) is 0 Å². The van der Waals surface area contributed by atoms with Crippen molar-refractivity contribution in [3.05, 3.63) is 24.3 Å². The van der Waals surface area contributed by atoms with Crippen molar-refractivity contribution in [1.29, 1.82) is 0 Å². The number of para-hydroxylation sites is 1. The largest absolute Gasteiger partial charge is 0.377 e. The van der Waals surface area contributed by atoms with Gasteiger partial charge in [-0.15, -0.1) is 0 Å². The SMILES string of the molecule is CCC[P@@](C)c1ccccc1N(C)C. The first-order chi connectivity index (χ1) is 6.66. The number of nitrogens with zero attached hydrogens (tertiary/aromatic N) is 1. The standard InChI is InChI=1S/C12H20NP/c1-5-10-14(4)12-9-7-6-8-11(12)13(2)3/h6-9H,5,10H2,1-4H3/t14-/m1/s1. The van der Waals surface area contributed by atoms with Crippen LogP contribution in [0.25, 0.3) is 0 Å². The van der Waals surface area contributed by atoms with Crippen LogP contribution in [0.2, 0.25) is 0 Å². The molecule has 0 aliphatic carbocycles. The Morgan fingerprint density at radius 3 is 2.43 bits per heavy atom. The Bertz CT molecular complexity index is 283. The Hall–Kier alpha value is -0.550. The number of anilines is 1. The maximum Gasteiger partial charge on any atom is 0.0438 e. The molecule has 0 fully saturated rings. The Morgan fingerprint density at radius 1 is 1.21 bits per heavy atom. The second kappa shape index (κ2) is 5.36. The zero-order valence-corrected chi connectivity index (χ0v) is 10.5. The van der Waals surface area contributed by atoms with Gasteiger partial charge in [-0.1, -0.05) is 39.5 Å². The molecule has 0 N–H and O–H groups in total. The predicted octanol–water partition coefficient (Wildman–Crippen LogP) is 2.90. The van der Waals surface area contributed by atoms with Crippen molar-refractivity contribution in [3.63, 3.8) is 0 Å². The molecule has 0 amide bonds. The molecular formula is C12H20NP. The molecule has 0 saturated heterocycles. The number of rotatable bonds is 4. The molecule has 14 heavy (non-hydrogen) atoms. The molecule has 0 unspecified atom stereocenters. The molecule has 0 saturated carbocycles. The fraction of sp³-hybridized carbons (Fsp3) is 0.500. The molecule has 1 aromatic rings. The normalized spacial score (nSPS) is 12.6. The van der Waals surface area contributed by atoms with Crippen LogP contribution in [0.4, 0.5) is 5.69 Å². The van der Waals surface area contributed by atoms with Gasteiger partial charge in [-0.05, 0) is 24.2 Å². The van der Waals surface area contributed by atoms with Crippen molar-refractivity contribution < 1.29 is 0 Å². The van der Waals surface area contributed by atoms with Crippen LogP contribution >= 0.6 is 7.92 Å². The Balaban J connectivity index is 2.94. The van der Waals surface area contributed by atoms with Crippen molar-refractivity contribution in [2.45, 2.75) is 13.3 Å². The summed E-state index contributed by atoms with van der Waals surface area (Å²) in [6.07, 6.45) is 2.62. The first-order valence-corrected chi connectivity index (χ1v) is 7.11. The molecule has 2 heteroatoms. The zero-order valence-electron chi connectivity index (χ0n) is 9.62. The van der Waals surface area contributed by atoms with E-state index < -0.39 is 0 Å². The molecular weight excluding hydrogens is 189 g/mol. The summed E-state index contributed by atoms with van der Waals surface area (Å²) < 4.78 is 0. The fourth-order valence-electron chi connectivity index (χ4n) is 1.62. The maximum atomic E-state index is 2.38. The van der Waals surface area contributed by atoms with Crippen LogP contribution in [0.3, 0.4) is 0 Å². The zero-order chi connectivity index (χ0) is 10.6. The van der Waals surface area contributed by atoms with Gasteiger partial charge in [0.25, 0.3) is 0 Å². The summed E-state index contributed by atoms with van der Waals surface area (Å²) in [5, 5.41) is 1.54. The van der Waals surface area contributed by atoms with Gasteiger partial charge in [0.05, 0.1) is 0 Å². The van der Waals surface area contributed by atoms with E-state index in [1.807, 2.05) is 0 Å². The maximum absolute atomic E-state index is 2.38. The average Bonchev–Trinajstić information content (AvgIpc) is 2.18. The summed E-state index contributed by atoms with van der Waals surface area (Å²) in [6.45, 7) is 4.64. The van der Waals surface area contributed by atoms with E-state index in [-0.39, 0.29) is 7.92 Å². The number of benzene rings is 1. The highest BCUT2D eigenvalue weighted by Gasteiger charge is 2.09. The number of hydrogen-bond donors (Lipinski definition) is 0. The van der Waals surface area contributed by atoms with Crippen LogP contribution in [-0.2, 0) is 0 Å². The van der Waals surface area contributed by atoms with E-state index >= 15 is 0 Å². The minimum atomic E-state index is 0.0293. The third-order valence-electron chi connectivity index (χ3n) is 2.33. The highest BCUT2D eigenvalue weighted by molar-refractivity contribution is 7.65. The van der Waals surface area contributed by atoms with Crippen LogP contribution in [0.15, 0.2) is 24.3 Å². The van der Waals surface area contributed by atoms with Crippen LogP contribution in [-0.4, -0.2) is 26.9 Å². The van der Waals surface area contributed by atoms with Crippen molar-refractivity contribution >= 4 is 18.9 Å². The third kappa shape index (κ3) is 2.72. The summed E-state index contributed by atoms with van der Waals surface area (Å²) in [5.74, 6) is 0. The van der Waals surface area contributed by atoms with Crippen LogP contribution in [0.1, 0.15) is 13.3 Å². The summed E-state index contributed by atoms with van der Waals surface area (Å²) >= 11 is 0. The smallest absolute Gasteiger partial charge is 0.0438 e. The van der Waals surface area contributed by atoms with Gasteiger partial charge in [0.15, 0.2) is 0 Å². The van der Waals surface area contributed by atoms with Crippen LogP contribution in [0, 0.1) is 0 Å². The summed E-state index contributed by atoms with van der Waals surface area (Å²) in [4.78, 5) is 2.21. The first kappa shape index (κ1) is 11.5. The van der Waals surface area contributed by atoms with E-state index in [2.05, 4.69) is 56.8 Å². The Morgan fingerprint density at radius 2 is 1.86 bits per heavy atom. The van der Waals surface area contributed by atoms with Crippen LogP contribution < -0.4 is 10.2 Å². The van der Waals surface area contributed by atoms with E-state index in [9.17, 15) is 0 Å². The van der Waals surface area contributed by atoms with E-state index in [0.29, 0.717) is 0 Å². The van der Waals surface area contributed by atoms with Crippen LogP contribution in [0.5, 0.6) is 0 Å². The minimum absolute atomic E-state index is 0.0293. The van der Waals surface area contributed by atoms with Gasteiger partial charge >= 0.3 is 0 Å². The fourth-order valence-corrected chi connectivity index (χ4v) is 3.54. The molecule has 0 bridgehead atoms. The molecule has 0 aliphatic rings. The Labute approximate surface area is 88.9 Å². The molecule has 1 aromatic carbocycles. The Kier molecular flexibility index (Phi) is 4.41. The lowest BCUT2D eigenvalue weighted by molar-refractivity contribution is 1.10. The minimum Gasteiger partial charge on any atom is -0.377 e. The van der Waals surface area contributed by atoms with E-state index in [1.54, 1.807) is 0 Å². The second-order valence-electron chi connectivity index (χ2n) is 3.80. The van der Waals surface area contributed by atoms with Crippen molar-refractivity contribution in [2.24, 2.45) is 0 Å². The van der Waals surface area contributed by atoms with Gasteiger partial charge in [-0.25, -0.2) is 0 Å². The van der Waals surface area contributed by atoms with Crippen molar-refractivity contribution in [2.75, 3.05) is 31.8 Å². The lowest BCUT2D eigenvalue weighted by Crippen LogP contribution is -2.18. The van der Waals surface area contributed by atoms with Gasteiger partial charge < -0.3 is 4.90 Å². The molecule has 1 nitrogen and oxygen atoms in total. The molecule has 0 heterocycles. The summed E-state index contributed by atoms with van der Waals surface area (Å²) in [6, 6.07) is 8.76. The second-order valence-corrected chi connectivity index (χ2v) is 6.13. The molecule has 0 aliphatic heterocycles. The average molecular weight is 209 g/mol. The molecule has 78 valence electrons. The summed E-state index contributed by atoms with van der Waals surface area (Å²) in [5.41, 5.74) is 1.38. The van der Waals surface area contributed by atoms with Crippen molar-refractivity contribution in [1.82, 2.24) is 0 Å². The molecule has 1 atom stereocenters. The van der Waals surface area contributed by atoms with Gasteiger partial charge in [-0.3, -0.25) is 0 Å². The quantitative estimate of drug-likeness (QED) is 0.689. The highest BCUT2D eigenvalue weighted by atomic mass is 31.1. The molecule has 1 rings (SSSR count). The monoisotopic (exact) mass is 209 g/mol. The molecule has 0 radical (unpaired) electrons. The highest BCUT2D eigenvalue weighted by Crippen LogP contribution is 2.33. The number of hydrogen-bond acceptors (Lipinski definition) is 1. The van der Waals surface area contributed by atoms with Gasteiger partial charge in [0.2, 0.25) is 0 Å². The third-order valence-corrected chi connectivity index (χ3v) is 4.65. The van der Waals surface area contributed by atoms with Gasteiger partial charge in [-0.2, -0.15) is 0 Å². The predicted molar refractivity (Wildman–Crippen MR) is 68.4 cm³/mol. The summed E-state index contributed by atoms with van der Waals surface area (Å²) in [7, 11) is 4.27. The van der Waals surface area contributed by atoms with E-state index in [1.165, 1.54) is 23.6 Å². The lowest BCUT2D eigenvalue weighted by atomic mass is 10.3. The first-order valence-electron chi connectivity index (χ1n) is 5.14. The molecule has 0 spiro atoms. The van der Waals surface area contributed by atoms with E-state index in [0.717, 1.165) is 0 Å². The topological polar surface area (TPSA) is 3.24 Å². The molecule has 0 aromatic heterocycles. The van der Waals surface area contributed by atoms with Gasteiger partial charge in [0, 0.05) is 19.8 Å². The van der Waals surface area contributed by atoms with Crippen molar-refractivity contribution in [3.8, 4) is 0 Å². The van der Waals surface area contributed by atoms with E-state index in [4.69, 9.17) is 0 Å².